The van der Waals surface area contributed by atoms with Crippen molar-refractivity contribution in [2.75, 3.05) is 6.54 Å². The van der Waals surface area contributed by atoms with Crippen LogP contribution in [-0.2, 0) is 4.79 Å². The number of aliphatic carboxylic acids is 1. The molecule has 0 aromatic rings. The third kappa shape index (κ3) is 5.31. The minimum Gasteiger partial charge on any atom is -0.480 e. The van der Waals surface area contributed by atoms with E-state index >= 15 is 0 Å². The van der Waals surface area contributed by atoms with Crippen molar-refractivity contribution in [1.29, 1.82) is 0 Å². The molecule has 3 heteroatoms. The molecule has 0 rings (SSSR count). The Morgan fingerprint density at radius 1 is 1.80 bits per heavy atom. The van der Waals surface area contributed by atoms with E-state index in [1.807, 2.05) is 26.0 Å². The molecule has 0 amide bonds. The summed E-state index contributed by atoms with van der Waals surface area (Å²) in [4.78, 5) is 10.0. The van der Waals surface area contributed by atoms with E-state index in [1.165, 1.54) is 0 Å². The molecule has 1 unspecified atom stereocenters. The Kier molecular flexibility index (Phi) is 4.58. The van der Waals surface area contributed by atoms with Crippen LogP contribution in [0, 0.1) is 0 Å². The molecular formula is C7H13NO2. The first-order chi connectivity index (χ1) is 4.66. The minimum atomic E-state index is -0.823. The van der Waals surface area contributed by atoms with Gasteiger partial charge in [0.2, 0.25) is 0 Å². The van der Waals surface area contributed by atoms with Crippen molar-refractivity contribution in [2.24, 2.45) is 0 Å². The van der Waals surface area contributed by atoms with Crippen molar-refractivity contribution in [3.8, 4) is 0 Å². The normalized spacial score (nSPS) is 13.8. The fraction of sp³-hybridized carbons (Fsp3) is 0.571. The van der Waals surface area contributed by atoms with Gasteiger partial charge in [-0.25, -0.2) is 0 Å². The molecule has 0 heterocycles. The Bertz CT molecular complexity index is 132. The van der Waals surface area contributed by atoms with Crippen molar-refractivity contribution < 1.29 is 9.90 Å². The summed E-state index contributed by atoms with van der Waals surface area (Å²) in [6.45, 7) is 3.83. The summed E-state index contributed by atoms with van der Waals surface area (Å²) in [5.41, 5.74) is 0. The Hall–Kier alpha value is -0.830. The Labute approximate surface area is 60.7 Å². The second-order valence-corrected chi connectivity index (χ2v) is 2.09. The predicted octanol–water partition coefficient (Wildman–Crippen LogP) is 0.625. The summed E-state index contributed by atoms with van der Waals surface area (Å²) < 4.78 is 0. The molecule has 0 aromatic heterocycles. The van der Waals surface area contributed by atoms with Crippen LogP contribution >= 0.6 is 0 Å². The van der Waals surface area contributed by atoms with Gasteiger partial charge >= 0.3 is 5.97 Å². The predicted molar refractivity (Wildman–Crippen MR) is 39.9 cm³/mol. The summed E-state index contributed by atoms with van der Waals surface area (Å²) in [5, 5.41) is 11.0. The number of carboxylic acids is 1. The zero-order valence-electron chi connectivity index (χ0n) is 6.29. The molecule has 0 radical (unpaired) electrons. The molecule has 0 saturated carbocycles. The Morgan fingerprint density at radius 3 is 2.80 bits per heavy atom. The fourth-order valence-corrected chi connectivity index (χ4v) is 0.605. The van der Waals surface area contributed by atoms with Crippen LogP contribution in [0.4, 0.5) is 0 Å². The molecule has 10 heavy (non-hydrogen) atoms. The summed E-state index contributed by atoms with van der Waals surface area (Å²) in [6.07, 6.45) is 3.79. The van der Waals surface area contributed by atoms with E-state index < -0.39 is 5.97 Å². The maximum Gasteiger partial charge on any atom is 0.317 e. The van der Waals surface area contributed by atoms with Crippen LogP contribution in [0.1, 0.15) is 13.8 Å². The number of carboxylic acid groups (broad SMARTS) is 1. The van der Waals surface area contributed by atoms with Gasteiger partial charge in [0.1, 0.15) is 0 Å². The van der Waals surface area contributed by atoms with Crippen molar-refractivity contribution in [1.82, 2.24) is 5.32 Å². The van der Waals surface area contributed by atoms with Crippen molar-refractivity contribution >= 4 is 5.97 Å². The van der Waals surface area contributed by atoms with Crippen molar-refractivity contribution in [3.05, 3.63) is 12.2 Å². The quantitative estimate of drug-likeness (QED) is 0.567. The van der Waals surface area contributed by atoms with E-state index in [0.717, 1.165) is 0 Å². The lowest BCUT2D eigenvalue weighted by molar-refractivity contribution is -0.136. The first-order valence-corrected chi connectivity index (χ1v) is 3.24. The first-order valence-electron chi connectivity index (χ1n) is 3.24. The minimum absolute atomic E-state index is 0.0194. The van der Waals surface area contributed by atoms with Gasteiger partial charge < -0.3 is 10.4 Å². The van der Waals surface area contributed by atoms with E-state index in [0.29, 0.717) is 0 Å². The average Bonchev–Trinajstić information content (AvgIpc) is 1.85. The van der Waals surface area contributed by atoms with Gasteiger partial charge in [-0.3, -0.25) is 4.79 Å². The number of nitrogens with one attached hydrogen (secondary N) is 1. The van der Waals surface area contributed by atoms with Gasteiger partial charge in [-0.05, 0) is 13.8 Å². The average molecular weight is 143 g/mol. The van der Waals surface area contributed by atoms with Crippen LogP contribution in [0.5, 0.6) is 0 Å². The second kappa shape index (κ2) is 4.99. The van der Waals surface area contributed by atoms with Gasteiger partial charge in [0.05, 0.1) is 6.54 Å². The molecule has 58 valence electrons. The van der Waals surface area contributed by atoms with Crippen LogP contribution in [0.2, 0.25) is 0 Å². The van der Waals surface area contributed by atoms with E-state index in [4.69, 9.17) is 5.11 Å². The summed E-state index contributed by atoms with van der Waals surface area (Å²) >= 11 is 0. The molecule has 0 aromatic carbocycles. The third-order valence-corrected chi connectivity index (χ3v) is 1.06. The summed E-state index contributed by atoms with van der Waals surface area (Å²) in [5.74, 6) is -0.823. The van der Waals surface area contributed by atoms with Crippen LogP contribution in [0.3, 0.4) is 0 Å². The van der Waals surface area contributed by atoms with Gasteiger partial charge in [0, 0.05) is 6.04 Å². The number of hydrogen-bond donors (Lipinski definition) is 2. The van der Waals surface area contributed by atoms with Gasteiger partial charge in [-0.2, -0.15) is 0 Å². The number of allylic oxidation sites excluding steroid dienone is 1. The standard InChI is InChI=1S/C7H13NO2/c1-3-4-6(2)8-5-7(9)10/h3-4,6,8H,5H2,1-2H3,(H,9,10)/b4-3-. The molecule has 2 N–H and O–H groups in total. The van der Waals surface area contributed by atoms with Crippen molar-refractivity contribution in [3.63, 3.8) is 0 Å². The lowest BCUT2D eigenvalue weighted by atomic mass is 10.3. The number of hydrogen-bond acceptors (Lipinski definition) is 2. The van der Waals surface area contributed by atoms with Crippen LogP contribution in [-0.4, -0.2) is 23.7 Å². The highest BCUT2D eigenvalue weighted by Crippen LogP contribution is 1.82. The lowest BCUT2D eigenvalue weighted by Gasteiger charge is -2.04. The molecule has 3 nitrogen and oxygen atoms in total. The zero-order valence-corrected chi connectivity index (χ0v) is 6.29. The molecular weight excluding hydrogens is 130 g/mol. The van der Waals surface area contributed by atoms with E-state index in [-0.39, 0.29) is 12.6 Å². The van der Waals surface area contributed by atoms with E-state index in [9.17, 15) is 4.79 Å². The molecule has 0 saturated heterocycles. The van der Waals surface area contributed by atoms with Crippen molar-refractivity contribution in [2.45, 2.75) is 19.9 Å². The second-order valence-electron chi connectivity index (χ2n) is 2.09. The third-order valence-electron chi connectivity index (χ3n) is 1.06. The topological polar surface area (TPSA) is 49.3 Å². The summed E-state index contributed by atoms with van der Waals surface area (Å²) in [7, 11) is 0. The molecule has 0 aliphatic heterocycles. The van der Waals surface area contributed by atoms with Crippen LogP contribution in [0.15, 0.2) is 12.2 Å². The monoisotopic (exact) mass is 143 g/mol. The highest BCUT2D eigenvalue weighted by molar-refractivity contribution is 5.69. The zero-order chi connectivity index (χ0) is 7.98. The van der Waals surface area contributed by atoms with Gasteiger partial charge in [-0.15, -0.1) is 0 Å². The molecule has 1 atom stereocenters. The Balaban J connectivity index is 3.39. The molecule has 0 aliphatic rings. The highest BCUT2D eigenvalue weighted by atomic mass is 16.4. The van der Waals surface area contributed by atoms with Gasteiger partial charge in [0.25, 0.3) is 0 Å². The van der Waals surface area contributed by atoms with E-state index in [1.54, 1.807) is 0 Å². The molecule has 0 fully saturated rings. The summed E-state index contributed by atoms with van der Waals surface area (Å²) in [6, 6.07) is 0.140. The maximum atomic E-state index is 10.0. The molecule has 0 spiro atoms. The Morgan fingerprint density at radius 2 is 2.40 bits per heavy atom. The largest absolute Gasteiger partial charge is 0.480 e. The van der Waals surface area contributed by atoms with Gasteiger partial charge in [-0.1, -0.05) is 12.2 Å². The van der Waals surface area contributed by atoms with Gasteiger partial charge in [0.15, 0.2) is 0 Å². The molecule has 0 bridgehead atoms. The fourth-order valence-electron chi connectivity index (χ4n) is 0.605. The SMILES string of the molecule is C/C=C\C(C)NCC(=O)O. The smallest absolute Gasteiger partial charge is 0.317 e. The first kappa shape index (κ1) is 9.17. The number of rotatable bonds is 4. The molecule has 0 aliphatic carbocycles. The maximum absolute atomic E-state index is 10.0. The van der Waals surface area contributed by atoms with Crippen LogP contribution < -0.4 is 5.32 Å². The number of carbonyl (C=O) groups is 1. The highest BCUT2D eigenvalue weighted by Gasteiger charge is 1.97. The lowest BCUT2D eigenvalue weighted by Crippen LogP contribution is -2.29. The van der Waals surface area contributed by atoms with Crippen LogP contribution in [0.25, 0.3) is 0 Å². The van der Waals surface area contributed by atoms with E-state index in [2.05, 4.69) is 5.32 Å².